The molecular formula is C27H27N7O2. The Hall–Kier alpha value is -4.53. The fourth-order valence-corrected chi connectivity index (χ4v) is 4.46. The number of benzene rings is 1. The Morgan fingerprint density at radius 1 is 1.08 bits per heavy atom. The molecule has 0 atom stereocenters. The number of amides is 1. The van der Waals surface area contributed by atoms with E-state index >= 15 is 0 Å². The Morgan fingerprint density at radius 3 is 2.64 bits per heavy atom. The fraction of sp³-hybridized carbons (Fsp3) is 0.222. The number of aromatic nitrogens is 4. The van der Waals surface area contributed by atoms with Gasteiger partial charge in [-0.25, -0.2) is 9.97 Å². The van der Waals surface area contributed by atoms with E-state index in [-0.39, 0.29) is 11.7 Å². The number of fused-ring (bicyclic) bond motifs is 1. The molecule has 0 unspecified atom stereocenters. The second kappa shape index (κ2) is 9.26. The van der Waals surface area contributed by atoms with Crippen molar-refractivity contribution in [3.63, 3.8) is 0 Å². The van der Waals surface area contributed by atoms with E-state index in [2.05, 4.69) is 14.9 Å². The molecular weight excluding hydrogens is 454 g/mol. The number of imidazole rings is 1. The topological polar surface area (TPSA) is 110 Å². The van der Waals surface area contributed by atoms with Crippen LogP contribution in [0.2, 0.25) is 0 Å². The lowest BCUT2D eigenvalue weighted by molar-refractivity contribution is -0.126. The summed E-state index contributed by atoms with van der Waals surface area (Å²) in [5, 5.41) is 0. The molecule has 5 rings (SSSR count). The molecule has 0 aliphatic carbocycles. The van der Waals surface area contributed by atoms with Crippen molar-refractivity contribution in [1.29, 1.82) is 0 Å². The number of nitrogen functional groups attached to an aromatic ring is 1. The summed E-state index contributed by atoms with van der Waals surface area (Å²) in [7, 11) is 0. The van der Waals surface area contributed by atoms with Crippen LogP contribution >= 0.6 is 0 Å². The van der Waals surface area contributed by atoms with Crippen LogP contribution in [0.3, 0.4) is 0 Å². The molecule has 9 nitrogen and oxygen atoms in total. The predicted octanol–water partition coefficient (Wildman–Crippen LogP) is 3.49. The van der Waals surface area contributed by atoms with E-state index in [0.29, 0.717) is 54.0 Å². The first-order chi connectivity index (χ1) is 17.4. The molecule has 0 radical (unpaired) electrons. The van der Waals surface area contributed by atoms with E-state index in [9.17, 15) is 9.59 Å². The van der Waals surface area contributed by atoms with Gasteiger partial charge in [0.25, 0.3) is 5.91 Å². The maximum absolute atomic E-state index is 13.0. The minimum absolute atomic E-state index is 0.0195. The SMILES string of the molecule is C/C=C(\C)C(=O)N1CCN(c2nc(-c3ccc(C(=O)c4ccccn4)c(C)c3)c3c(N)nccn23)C1. The molecule has 2 N–H and O–H groups in total. The second-order valence-electron chi connectivity index (χ2n) is 8.81. The smallest absolute Gasteiger partial charge is 0.250 e. The van der Waals surface area contributed by atoms with E-state index < -0.39 is 0 Å². The number of aryl methyl sites for hydroxylation is 1. The van der Waals surface area contributed by atoms with Gasteiger partial charge in [-0.1, -0.05) is 24.3 Å². The fourth-order valence-electron chi connectivity index (χ4n) is 4.46. The van der Waals surface area contributed by atoms with Crippen LogP contribution in [-0.2, 0) is 4.79 Å². The van der Waals surface area contributed by atoms with Crippen molar-refractivity contribution in [3.8, 4) is 11.3 Å². The van der Waals surface area contributed by atoms with Gasteiger partial charge in [0.05, 0.1) is 6.67 Å². The van der Waals surface area contributed by atoms with E-state index in [4.69, 9.17) is 10.7 Å². The third-order valence-electron chi connectivity index (χ3n) is 6.53. The highest BCUT2D eigenvalue weighted by atomic mass is 16.2. The molecule has 1 aliphatic rings. The first kappa shape index (κ1) is 23.2. The number of anilines is 2. The minimum Gasteiger partial charge on any atom is -0.382 e. The first-order valence-corrected chi connectivity index (χ1v) is 11.8. The summed E-state index contributed by atoms with van der Waals surface area (Å²) in [5.41, 5.74) is 11.0. The molecule has 0 spiro atoms. The summed E-state index contributed by atoms with van der Waals surface area (Å²) in [5.74, 6) is 0.934. The highest BCUT2D eigenvalue weighted by molar-refractivity contribution is 6.09. The normalized spacial score (nSPS) is 14.0. The summed E-state index contributed by atoms with van der Waals surface area (Å²) in [6.45, 7) is 7.28. The van der Waals surface area contributed by atoms with Gasteiger partial charge in [-0.2, -0.15) is 0 Å². The molecule has 9 heteroatoms. The molecule has 36 heavy (non-hydrogen) atoms. The molecule has 0 saturated carbocycles. The van der Waals surface area contributed by atoms with Crippen LogP contribution in [0.5, 0.6) is 0 Å². The Kier molecular flexibility index (Phi) is 5.97. The zero-order chi connectivity index (χ0) is 25.4. The lowest BCUT2D eigenvalue weighted by atomic mass is 9.98. The Bertz CT molecular complexity index is 1510. The lowest BCUT2D eigenvalue weighted by Gasteiger charge is -2.18. The van der Waals surface area contributed by atoms with Gasteiger partial charge in [0, 0.05) is 48.4 Å². The molecule has 3 aromatic heterocycles. The monoisotopic (exact) mass is 481 g/mol. The Labute approximate surface area is 208 Å². The van der Waals surface area contributed by atoms with Gasteiger partial charge < -0.3 is 15.5 Å². The number of hydrogen-bond donors (Lipinski definition) is 1. The van der Waals surface area contributed by atoms with Crippen molar-refractivity contribution >= 4 is 29.0 Å². The minimum atomic E-state index is -0.130. The van der Waals surface area contributed by atoms with Crippen molar-refractivity contribution in [1.82, 2.24) is 24.3 Å². The average molecular weight is 482 g/mol. The molecule has 1 aliphatic heterocycles. The largest absolute Gasteiger partial charge is 0.382 e. The van der Waals surface area contributed by atoms with Crippen LogP contribution in [0.4, 0.5) is 11.8 Å². The van der Waals surface area contributed by atoms with Gasteiger partial charge >= 0.3 is 0 Å². The molecule has 1 fully saturated rings. The van der Waals surface area contributed by atoms with Crippen molar-refractivity contribution in [2.75, 3.05) is 30.4 Å². The van der Waals surface area contributed by atoms with Crippen LogP contribution in [0, 0.1) is 6.92 Å². The van der Waals surface area contributed by atoms with Crippen molar-refractivity contribution in [2.45, 2.75) is 20.8 Å². The number of carbonyl (C=O) groups excluding carboxylic acids is 2. The molecule has 4 aromatic rings. The second-order valence-corrected chi connectivity index (χ2v) is 8.81. The van der Waals surface area contributed by atoms with Crippen LogP contribution in [0.1, 0.15) is 35.5 Å². The number of rotatable bonds is 5. The molecule has 1 aromatic carbocycles. The standard InChI is InChI=1S/C27H27N7O2/c1-4-17(2)26(36)32-13-14-33(16-32)27-31-22(23-25(28)30-11-12-34(23)27)19-8-9-20(18(3)15-19)24(35)21-7-5-6-10-29-21/h4-12,15H,13-14,16H2,1-3H3,(H2,28,30)/b17-4+. The van der Waals surface area contributed by atoms with Crippen LogP contribution in [0.15, 0.2) is 66.6 Å². The summed E-state index contributed by atoms with van der Waals surface area (Å²) < 4.78 is 1.91. The van der Waals surface area contributed by atoms with E-state index in [0.717, 1.165) is 16.7 Å². The number of allylic oxidation sites excluding steroid dienone is 1. The number of ketones is 1. The van der Waals surface area contributed by atoms with Crippen LogP contribution in [-0.4, -0.2) is 55.7 Å². The molecule has 1 saturated heterocycles. The summed E-state index contributed by atoms with van der Waals surface area (Å²) >= 11 is 0. The van der Waals surface area contributed by atoms with Gasteiger partial charge in [-0.15, -0.1) is 0 Å². The van der Waals surface area contributed by atoms with E-state index in [1.165, 1.54) is 0 Å². The highest BCUT2D eigenvalue weighted by Gasteiger charge is 2.29. The molecule has 4 heterocycles. The Morgan fingerprint density at radius 2 is 1.92 bits per heavy atom. The van der Waals surface area contributed by atoms with Crippen molar-refractivity contribution in [3.05, 3.63) is 83.5 Å². The maximum Gasteiger partial charge on any atom is 0.250 e. The van der Waals surface area contributed by atoms with Gasteiger partial charge in [0.1, 0.15) is 22.7 Å². The zero-order valence-electron chi connectivity index (χ0n) is 20.5. The van der Waals surface area contributed by atoms with Gasteiger partial charge in [-0.3, -0.25) is 19.0 Å². The number of pyridine rings is 1. The van der Waals surface area contributed by atoms with Crippen LogP contribution in [0.25, 0.3) is 16.8 Å². The molecule has 1 amide bonds. The van der Waals surface area contributed by atoms with Gasteiger partial charge in [-0.05, 0) is 44.5 Å². The number of nitrogens with two attached hydrogens (primary N) is 1. The quantitative estimate of drug-likeness (QED) is 0.343. The third-order valence-corrected chi connectivity index (χ3v) is 6.53. The van der Waals surface area contributed by atoms with Gasteiger partial charge in [0.2, 0.25) is 11.7 Å². The summed E-state index contributed by atoms with van der Waals surface area (Å²) in [6, 6.07) is 10.9. The van der Waals surface area contributed by atoms with Crippen molar-refractivity contribution in [2.24, 2.45) is 0 Å². The van der Waals surface area contributed by atoms with Gasteiger partial charge in [0.15, 0.2) is 0 Å². The Balaban J connectivity index is 1.53. The lowest BCUT2D eigenvalue weighted by Crippen LogP contribution is -2.32. The maximum atomic E-state index is 13.0. The van der Waals surface area contributed by atoms with Crippen molar-refractivity contribution < 1.29 is 9.59 Å². The highest BCUT2D eigenvalue weighted by Crippen LogP contribution is 2.33. The average Bonchev–Trinajstić information content (AvgIpc) is 3.54. The first-order valence-electron chi connectivity index (χ1n) is 11.8. The molecule has 0 bridgehead atoms. The number of carbonyl (C=O) groups is 2. The zero-order valence-corrected chi connectivity index (χ0v) is 20.5. The molecule has 182 valence electrons. The van der Waals surface area contributed by atoms with Crippen LogP contribution < -0.4 is 10.6 Å². The summed E-state index contributed by atoms with van der Waals surface area (Å²) in [6.07, 6.45) is 6.90. The third kappa shape index (κ3) is 3.98. The van der Waals surface area contributed by atoms with E-state index in [1.807, 2.05) is 54.5 Å². The summed E-state index contributed by atoms with van der Waals surface area (Å²) in [4.78, 5) is 42.9. The number of nitrogens with zero attached hydrogens (tertiary/aromatic N) is 6. The number of hydrogen-bond acceptors (Lipinski definition) is 7. The predicted molar refractivity (Wildman–Crippen MR) is 139 cm³/mol. The van der Waals surface area contributed by atoms with E-state index in [1.54, 1.807) is 36.7 Å².